The number of nitrogens with zero attached hydrogens (tertiary/aromatic N) is 3. The molecule has 0 spiro atoms. The maximum absolute atomic E-state index is 13.2. The van der Waals surface area contributed by atoms with Gasteiger partial charge in [0.25, 0.3) is 5.91 Å². The highest BCUT2D eigenvalue weighted by molar-refractivity contribution is 8.00. The summed E-state index contributed by atoms with van der Waals surface area (Å²) in [6.07, 6.45) is 2.26. The summed E-state index contributed by atoms with van der Waals surface area (Å²) in [5, 5.41) is 11.6. The summed E-state index contributed by atoms with van der Waals surface area (Å²) in [5.74, 6) is 0.548. The van der Waals surface area contributed by atoms with Crippen molar-refractivity contribution in [1.82, 2.24) is 15.1 Å². The van der Waals surface area contributed by atoms with Gasteiger partial charge >= 0.3 is 0 Å². The Morgan fingerprint density at radius 1 is 1.07 bits per heavy atom. The van der Waals surface area contributed by atoms with Crippen molar-refractivity contribution in [2.24, 2.45) is 0 Å². The zero-order chi connectivity index (χ0) is 20.8. The van der Waals surface area contributed by atoms with Gasteiger partial charge in [-0.1, -0.05) is 83.8 Å². The number of rotatable bonds is 7. The molecule has 1 aliphatic rings. The number of nitrogens with one attached hydrogen (secondary N) is 1. The SMILES string of the molecule is O=C(Nc1nnc(SCc2ccccc2)s1)C(c1ccccc1)N1CCCCC1=O. The molecule has 2 heterocycles. The van der Waals surface area contributed by atoms with Crippen molar-refractivity contribution < 1.29 is 9.59 Å². The second kappa shape index (κ2) is 9.86. The van der Waals surface area contributed by atoms with Gasteiger partial charge in [0.05, 0.1) is 0 Å². The lowest BCUT2D eigenvalue weighted by atomic mass is 10.0. The van der Waals surface area contributed by atoms with Crippen LogP contribution in [0.5, 0.6) is 0 Å². The monoisotopic (exact) mass is 438 g/mol. The fraction of sp³-hybridized carbons (Fsp3) is 0.273. The van der Waals surface area contributed by atoms with Gasteiger partial charge < -0.3 is 4.90 Å². The largest absolute Gasteiger partial charge is 0.327 e. The molecule has 2 amide bonds. The smallest absolute Gasteiger partial charge is 0.253 e. The minimum atomic E-state index is -0.664. The van der Waals surface area contributed by atoms with Crippen molar-refractivity contribution in [1.29, 1.82) is 0 Å². The molecule has 1 fully saturated rings. The molecule has 154 valence electrons. The highest BCUT2D eigenvalue weighted by Crippen LogP contribution is 2.31. The predicted molar refractivity (Wildman–Crippen MR) is 119 cm³/mol. The van der Waals surface area contributed by atoms with Crippen LogP contribution in [0.25, 0.3) is 0 Å². The Hall–Kier alpha value is -2.71. The summed E-state index contributed by atoms with van der Waals surface area (Å²) in [6, 6.07) is 18.9. The van der Waals surface area contributed by atoms with Gasteiger partial charge in [0.15, 0.2) is 4.34 Å². The number of thioether (sulfide) groups is 1. The molecule has 2 aromatic carbocycles. The van der Waals surface area contributed by atoms with Gasteiger partial charge in [-0.15, -0.1) is 10.2 Å². The van der Waals surface area contributed by atoms with E-state index in [-0.39, 0.29) is 11.8 Å². The fourth-order valence-corrected chi connectivity index (χ4v) is 5.13. The molecule has 1 saturated heterocycles. The van der Waals surface area contributed by atoms with Crippen molar-refractivity contribution in [2.45, 2.75) is 35.4 Å². The summed E-state index contributed by atoms with van der Waals surface area (Å²) in [7, 11) is 0. The zero-order valence-corrected chi connectivity index (χ0v) is 18.0. The molecule has 0 radical (unpaired) electrons. The van der Waals surface area contributed by atoms with E-state index in [9.17, 15) is 9.59 Å². The number of amides is 2. The van der Waals surface area contributed by atoms with Crippen LogP contribution in [-0.4, -0.2) is 33.5 Å². The summed E-state index contributed by atoms with van der Waals surface area (Å²) in [4.78, 5) is 27.4. The van der Waals surface area contributed by atoms with Gasteiger partial charge in [-0.3, -0.25) is 14.9 Å². The molecule has 1 unspecified atom stereocenters. The lowest BCUT2D eigenvalue weighted by Gasteiger charge is -2.33. The zero-order valence-electron chi connectivity index (χ0n) is 16.4. The summed E-state index contributed by atoms with van der Waals surface area (Å²) in [5.41, 5.74) is 2.00. The molecule has 1 aliphatic heterocycles. The Morgan fingerprint density at radius 3 is 2.53 bits per heavy atom. The number of hydrogen-bond acceptors (Lipinski definition) is 6. The molecule has 0 aliphatic carbocycles. The standard InChI is InChI=1S/C22H22N4O2S2/c27-18-13-7-8-14-26(18)19(17-11-5-2-6-12-17)20(28)23-21-24-25-22(30-21)29-15-16-9-3-1-4-10-16/h1-6,9-12,19H,7-8,13-15H2,(H,23,24,28). The lowest BCUT2D eigenvalue weighted by molar-refractivity contribution is -0.141. The molecule has 6 nitrogen and oxygen atoms in total. The highest BCUT2D eigenvalue weighted by atomic mass is 32.2. The molecule has 1 aromatic heterocycles. The average molecular weight is 439 g/mol. The van der Waals surface area contributed by atoms with Crippen LogP contribution >= 0.6 is 23.1 Å². The van der Waals surface area contributed by atoms with Crippen molar-refractivity contribution in [3.05, 3.63) is 71.8 Å². The number of likely N-dealkylation sites (tertiary alicyclic amines) is 1. The van der Waals surface area contributed by atoms with Crippen LogP contribution in [0.3, 0.4) is 0 Å². The summed E-state index contributed by atoms with van der Waals surface area (Å²) >= 11 is 2.93. The number of carbonyl (C=O) groups excluding carboxylic acids is 2. The first-order valence-electron chi connectivity index (χ1n) is 9.86. The van der Waals surface area contributed by atoms with Crippen molar-refractivity contribution in [2.75, 3.05) is 11.9 Å². The third-order valence-corrected chi connectivity index (χ3v) is 6.92. The van der Waals surface area contributed by atoms with Crippen LogP contribution in [0.4, 0.5) is 5.13 Å². The molecule has 0 saturated carbocycles. The van der Waals surface area contributed by atoms with Crippen LogP contribution in [0.2, 0.25) is 0 Å². The van der Waals surface area contributed by atoms with Gasteiger partial charge in [-0.2, -0.15) is 0 Å². The number of carbonyl (C=O) groups is 2. The van der Waals surface area contributed by atoms with Gasteiger partial charge in [0.2, 0.25) is 11.0 Å². The normalized spacial score (nSPS) is 15.1. The molecule has 8 heteroatoms. The van der Waals surface area contributed by atoms with E-state index < -0.39 is 6.04 Å². The Labute approximate surface area is 183 Å². The minimum Gasteiger partial charge on any atom is -0.327 e. The number of anilines is 1. The van der Waals surface area contributed by atoms with E-state index in [0.29, 0.717) is 18.1 Å². The number of benzene rings is 2. The first-order chi connectivity index (χ1) is 14.7. The maximum Gasteiger partial charge on any atom is 0.253 e. The third-order valence-electron chi connectivity index (χ3n) is 4.88. The summed E-state index contributed by atoms with van der Waals surface area (Å²) < 4.78 is 0.791. The maximum atomic E-state index is 13.2. The molecule has 30 heavy (non-hydrogen) atoms. The Morgan fingerprint density at radius 2 is 1.80 bits per heavy atom. The molecule has 1 N–H and O–H groups in total. The van der Waals surface area contributed by atoms with E-state index in [1.54, 1.807) is 16.7 Å². The van der Waals surface area contributed by atoms with Crippen molar-refractivity contribution >= 4 is 40.0 Å². The van der Waals surface area contributed by atoms with E-state index in [1.807, 2.05) is 48.5 Å². The average Bonchev–Trinajstić information content (AvgIpc) is 3.22. The molecule has 1 atom stereocenters. The van der Waals surface area contributed by atoms with E-state index in [2.05, 4.69) is 27.6 Å². The van der Waals surface area contributed by atoms with Crippen LogP contribution in [0.15, 0.2) is 65.0 Å². The Balaban J connectivity index is 1.46. The summed E-state index contributed by atoms with van der Waals surface area (Å²) in [6.45, 7) is 0.583. The number of hydrogen-bond donors (Lipinski definition) is 1. The second-order valence-electron chi connectivity index (χ2n) is 6.99. The van der Waals surface area contributed by atoms with Gasteiger partial charge in [0.1, 0.15) is 6.04 Å². The Bertz CT molecular complexity index is 995. The predicted octanol–water partition coefficient (Wildman–Crippen LogP) is 4.52. The Kier molecular flexibility index (Phi) is 6.76. The first-order valence-corrected chi connectivity index (χ1v) is 11.7. The fourth-order valence-electron chi connectivity index (χ4n) is 3.42. The molecular weight excluding hydrogens is 416 g/mol. The lowest BCUT2D eigenvalue weighted by Crippen LogP contribution is -2.43. The van der Waals surface area contributed by atoms with Crippen molar-refractivity contribution in [3.8, 4) is 0 Å². The van der Waals surface area contributed by atoms with Crippen LogP contribution in [0, 0.1) is 0 Å². The molecular formula is C22H22N4O2S2. The first kappa shape index (κ1) is 20.6. The third kappa shape index (κ3) is 5.06. The number of piperidine rings is 1. The molecule has 0 bridgehead atoms. The van der Waals surface area contributed by atoms with Gasteiger partial charge in [-0.25, -0.2) is 0 Å². The highest BCUT2D eigenvalue weighted by Gasteiger charge is 2.33. The van der Waals surface area contributed by atoms with Gasteiger partial charge in [-0.05, 0) is 24.0 Å². The van der Waals surface area contributed by atoms with E-state index in [0.717, 1.165) is 28.5 Å². The second-order valence-corrected chi connectivity index (χ2v) is 9.19. The van der Waals surface area contributed by atoms with E-state index in [4.69, 9.17) is 0 Å². The van der Waals surface area contributed by atoms with Crippen LogP contribution < -0.4 is 5.32 Å². The van der Waals surface area contributed by atoms with E-state index in [1.165, 1.54) is 16.9 Å². The van der Waals surface area contributed by atoms with Crippen LogP contribution in [0.1, 0.15) is 36.4 Å². The van der Waals surface area contributed by atoms with Crippen LogP contribution in [-0.2, 0) is 15.3 Å². The molecule has 4 rings (SSSR count). The number of aromatic nitrogens is 2. The van der Waals surface area contributed by atoms with Crippen molar-refractivity contribution in [3.63, 3.8) is 0 Å². The van der Waals surface area contributed by atoms with E-state index >= 15 is 0 Å². The topological polar surface area (TPSA) is 75.2 Å². The molecule has 3 aromatic rings. The van der Waals surface area contributed by atoms with Gasteiger partial charge in [0, 0.05) is 18.7 Å². The minimum absolute atomic E-state index is 0.0154. The quantitative estimate of drug-likeness (QED) is 0.434.